The van der Waals surface area contributed by atoms with Gasteiger partial charge >= 0.3 is 0 Å². The fourth-order valence-electron chi connectivity index (χ4n) is 4.29. The van der Waals surface area contributed by atoms with Crippen LogP contribution in [0.3, 0.4) is 0 Å². The number of nitrogens with one attached hydrogen (secondary N) is 1. The van der Waals surface area contributed by atoms with Gasteiger partial charge in [-0.3, -0.25) is 9.78 Å². The molecular formula is C23H27F3N6O. The number of aromatic nitrogens is 4. The molecule has 1 aromatic carbocycles. The zero-order chi connectivity index (χ0) is 23.8. The van der Waals surface area contributed by atoms with E-state index >= 15 is 0 Å². The van der Waals surface area contributed by atoms with E-state index in [1.54, 1.807) is 37.7 Å². The molecule has 0 spiro atoms. The molecule has 0 bridgehead atoms. The summed E-state index contributed by atoms with van der Waals surface area (Å²) in [4.78, 5) is 18.3. The van der Waals surface area contributed by atoms with E-state index in [1.807, 2.05) is 0 Å². The Kier molecular flexibility index (Phi) is 6.38. The summed E-state index contributed by atoms with van der Waals surface area (Å²) in [6.45, 7) is 7.07. The van der Waals surface area contributed by atoms with E-state index in [1.165, 1.54) is 12.1 Å². The largest absolute Gasteiger partial charge is 0.352 e. The Morgan fingerprint density at radius 1 is 1.21 bits per heavy atom. The maximum Gasteiger partial charge on any atom is 0.254 e. The van der Waals surface area contributed by atoms with Gasteiger partial charge in [-0.25, -0.2) is 17.9 Å². The number of hydrogen-bond donors (Lipinski definition) is 1. The van der Waals surface area contributed by atoms with Gasteiger partial charge in [-0.05, 0) is 51.8 Å². The Labute approximate surface area is 190 Å². The third kappa shape index (κ3) is 4.85. The van der Waals surface area contributed by atoms with Crippen molar-refractivity contribution in [1.29, 1.82) is 0 Å². The third-order valence-corrected chi connectivity index (χ3v) is 5.80. The smallest absolute Gasteiger partial charge is 0.254 e. The Morgan fingerprint density at radius 3 is 2.61 bits per heavy atom. The molecule has 4 rings (SSSR count). The maximum atomic E-state index is 14.7. The molecule has 1 amide bonds. The van der Waals surface area contributed by atoms with Crippen LogP contribution in [-0.2, 0) is 0 Å². The molecule has 1 saturated heterocycles. The average molecular weight is 461 g/mol. The van der Waals surface area contributed by atoms with Gasteiger partial charge in [0.15, 0.2) is 11.6 Å². The molecule has 33 heavy (non-hydrogen) atoms. The fraction of sp³-hybridized carbons (Fsp3) is 0.478. The summed E-state index contributed by atoms with van der Waals surface area (Å²) >= 11 is 0. The van der Waals surface area contributed by atoms with Crippen LogP contribution in [0, 0.1) is 11.6 Å². The summed E-state index contributed by atoms with van der Waals surface area (Å²) in [5.74, 6) is -3.03. The second kappa shape index (κ2) is 9.09. The number of piperidine rings is 1. The minimum absolute atomic E-state index is 0.0563. The van der Waals surface area contributed by atoms with Crippen LogP contribution in [0.15, 0.2) is 24.4 Å². The number of amides is 1. The summed E-state index contributed by atoms with van der Waals surface area (Å²) in [6, 6.07) is 4.24. The van der Waals surface area contributed by atoms with Crippen LogP contribution in [0.2, 0.25) is 0 Å². The highest BCUT2D eigenvalue weighted by Crippen LogP contribution is 2.30. The quantitative estimate of drug-likeness (QED) is 0.604. The molecule has 7 nitrogen and oxygen atoms in total. The minimum Gasteiger partial charge on any atom is -0.352 e. The predicted molar refractivity (Wildman–Crippen MR) is 119 cm³/mol. The SMILES string of the molecule is CCNC(=O)c1ccc(-c2cc3nnn(C4CCN(CC(C)(C)F)CC4)c3cn2)c(F)c1F. The number of likely N-dealkylation sites (tertiary alicyclic amines) is 1. The number of rotatable bonds is 6. The van der Waals surface area contributed by atoms with Crippen LogP contribution in [0.5, 0.6) is 0 Å². The van der Waals surface area contributed by atoms with Crippen molar-refractivity contribution in [3.63, 3.8) is 0 Å². The first-order chi connectivity index (χ1) is 15.7. The number of fused-ring (bicyclic) bond motifs is 1. The van der Waals surface area contributed by atoms with Gasteiger partial charge in [0.2, 0.25) is 0 Å². The summed E-state index contributed by atoms with van der Waals surface area (Å²) in [6.07, 6.45) is 3.16. The van der Waals surface area contributed by atoms with E-state index in [4.69, 9.17) is 0 Å². The number of halogens is 3. The van der Waals surface area contributed by atoms with Crippen LogP contribution in [0.4, 0.5) is 13.2 Å². The first-order valence-corrected chi connectivity index (χ1v) is 11.1. The number of benzene rings is 1. The van der Waals surface area contributed by atoms with E-state index in [2.05, 4.69) is 25.5 Å². The Balaban J connectivity index is 1.56. The zero-order valence-electron chi connectivity index (χ0n) is 18.9. The van der Waals surface area contributed by atoms with Crippen molar-refractivity contribution in [2.45, 2.75) is 45.3 Å². The predicted octanol–water partition coefficient (Wildman–Crippen LogP) is 3.91. The third-order valence-electron chi connectivity index (χ3n) is 5.80. The van der Waals surface area contributed by atoms with Gasteiger partial charge in [-0.15, -0.1) is 5.10 Å². The Hall–Kier alpha value is -3.01. The van der Waals surface area contributed by atoms with Crippen molar-refractivity contribution in [2.24, 2.45) is 0 Å². The van der Waals surface area contributed by atoms with Crippen molar-refractivity contribution in [3.05, 3.63) is 41.6 Å². The highest BCUT2D eigenvalue weighted by Gasteiger charge is 2.27. The Morgan fingerprint density at radius 2 is 1.94 bits per heavy atom. The molecule has 1 N–H and O–H groups in total. The molecular weight excluding hydrogens is 433 g/mol. The lowest BCUT2D eigenvalue weighted by Crippen LogP contribution is -2.41. The summed E-state index contributed by atoms with van der Waals surface area (Å²) in [7, 11) is 0. The highest BCUT2D eigenvalue weighted by atomic mass is 19.2. The number of hydrogen-bond acceptors (Lipinski definition) is 5. The van der Waals surface area contributed by atoms with E-state index < -0.39 is 23.2 Å². The van der Waals surface area contributed by atoms with Gasteiger partial charge < -0.3 is 10.2 Å². The second-order valence-corrected chi connectivity index (χ2v) is 8.97. The van der Waals surface area contributed by atoms with Gasteiger partial charge in [-0.2, -0.15) is 0 Å². The van der Waals surface area contributed by atoms with E-state index in [0.29, 0.717) is 24.1 Å². The van der Waals surface area contributed by atoms with Crippen molar-refractivity contribution in [1.82, 2.24) is 30.2 Å². The van der Waals surface area contributed by atoms with E-state index in [-0.39, 0.29) is 22.9 Å². The molecule has 0 unspecified atom stereocenters. The lowest BCUT2D eigenvalue weighted by Gasteiger charge is -2.34. The number of pyridine rings is 1. The lowest BCUT2D eigenvalue weighted by atomic mass is 10.0. The molecule has 0 radical (unpaired) electrons. The number of alkyl halides is 1. The molecule has 1 aliphatic rings. The summed E-state index contributed by atoms with van der Waals surface area (Å²) in [5.41, 5.74) is -0.234. The normalized spacial score (nSPS) is 15.8. The topological polar surface area (TPSA) is 75.9 Å². The van der Waals surface area contributed by atoms with Gasteiger partial charge in [-0.1, -0.05) is 5.21 Å². The van der Waals surface area contributed by atoms with Gasteiger partial charge in [0.1, 0.15) is 16.7 Å². The fourth-order valence-corrected chi connectivity index (χ4v) is 4.29. The number of nitrogens with zero attached hydrogens (tertiary/aromatic N) is 5. The van der Waals surface area contributed by atoms with Gasteiger partial charge in [0, 0.05) is 31.7 Å². The molecule has 10 heteroatoms. The number of carbonyl (C=O) groups is 1. The van der Waals surface area contributed by atoms with Crippen LogP contribution in [0.25, 0.3) is 22.3 Å². The minimum atomic E-state index is -1.24. The highest BCUT2D eigenvalue weighted by molar-refractivity contribution is 5.95. The van der Waals surface area contributed by atoms with Crippen molar-refractivity contribution in [2.75, 3.05) is 26.2 Å². The lowest BCUT2D eigenvalue weighted by molar-refractivity contribution is 0.0949. The van der Waals surface area contributed by atoms with Crippen molar-refractivity contribution < 1.29 is 18.0 Å². The molecule has 0 saturated carbocycles. The van der Waals surface area contributed by atoms with Gasteiger partial charge in [0.05, 0.1) is 23.5 Å². The standard InChI is InChI=1S/C23H27F3N6O/c1-4-27-22(33)16-6-5-15(20(24)21(16)25)17-11-18-19(12-28-17)32(30-29-18)14-7-9-31(10-8-14)13-23(2,3)26/h5-6,11-12,14H,4,7-10,13H2,1-3H3,(H,27,33). The molecule has 1 aliphatic heterocycles. The monoisotopic (exact) mass is 460 g/mol. The average Bonchev–Trinajstić information content (AvgIpc) is 3.18. The van der Waals surface area contributed by atoms with Crippen LogP contribution < -0.4 is 5.32 Å². The zero-order valence-corrected chi connectivity index (χ0v) is 18.9. The second-order valence-electron chi connectivity index (χ2n) is 8.97. The first kappa shape index (κ1) is 23.2. The molecule has 176 valence electrons. The van der Waals surface area contributed by atoms with Crippen LogP contribution in [-0.4, -0.2) is 62.6 Å². The van der Waals surface area contributed by atoms with E-state index in [0.717, 1.165) is 25.9 Å². The first-order valence-electron chi connectivity index (χ1n) is 11.1. The molecule has 1 fully saturated rings. The molecule has 0 aliphatic carbocycles. The molecule has 3 aromatic rings. The molecule has 0 atom stereocenters. The summed E-state index contributed by atoms with van der Waals surface area (Å²) < 4.78 is 45.0. The maximum absolute atomic E-state index is 14.7. The molecule has 3 heterocycles. The van der Waals surface area contributed by atoms with Crippen LogP contribution >= 0.6 is 0 Å². The van der Waals surface area contributed by atoms with Crippen LogP contribution in [0.1, 0.15) is 50.0 Å². The van der Waals surface area contributed by atoms with Crippen molar-refractivity contribution >= 4 is 16.9 Å². The summed E-state index contributed by atoms with van der Waals surface area (Å²) in [5, 5.41) is 10.9. The van der Waals surface area contributed by atoms with Gasteiger partial charge in [0.25, 0.3) is 5.91 Å². The number of carbonyl (C=O) groups excluding carboxylic acids is 1. The van der Waals surface area contributed by atoms with E-state index in [9.17, 15) is 18.0 Å². The van der Waals surface area contributed by atoms with Crippen molar-refractivity contribution in [3.8, 4) is 11.3 Å². The molecule has 2 aromatic heterocycles. The Bertz CT molecular complexity index is 1160.